The molecule has 4 heteroatoms. The summed E-state index contributed by atoms with van der Waals surface area (Å²) in [4.78, 5) is 23.6. The largest absolute Gasteiger partial charge is 0.359 e. The summed E-state index contributed by atoms with van der Waals surface area (Å²) in [5.74, 6) is 0.0338. The van der Waals surface area contributed by atoms with E-state index in [1.807, 2.05) is 0 Å². The van der Waals surface area contributed by atoms with Gasteiger partial charge in [0.25, 0.3) is 0 Å². The molecule has 1 unspecified atom stereocenters. The Hall–Kier alpha value is -1.06. The monoisotopic (exact) mass is 184 g/mol. The Kier molecular flexibility index (Phi) is 3.73. The van der Waals surface area contributed by atoms with Gasteiger partial charge in [-0.3, -0.25) is 9.59 Å². The molecule has 1 aliphatic heterocycles. The van der Waals surface area contributed by atoms with E-state index < -0.39 is 0 Å². The van der Waals surface area contributed by atoms with Crippen LogP contribution in [0.4, 0.5) is 0 Å². The number of carbonyl (C=O) groups is 2. The lowest BCUT2D eigenvalue weighted by Gasteiger charge is -2.18. The fourth-order valence-electron chi connectivity index (χ4n) is 1.69. The first-order valence-electron chi connectivity index (χ1n) is 4.69. The molecular formula is C9H16N2O2. The van der Waals surface area contributed by atoms with E-state index in [4.69, 9.17) is 0 Å². The second-order valence-electron chi connectivity index (χ2n) is 3.41. The number of hydrogen-bond acceptors (Lipinski definition) is 2. The highest BCUT2D eigenvalue weighted by Crippen LogP contribution is 2.15. The van der Waals surface area contributed by atoms with Crippen LogP contribution < -0.4 is 5.32 Å². The van der Waals surface area contributed by atoms with Gasteiger partial charge in [0.2, 0.25) is 12.3 Å². The number of nitrogens with zero attached hydrogens (tertiary/aromatic N) is 1. The lowest BCUT2D eigenvalue weighted by Crippen LogP contribution is -2.35. The van der Waals surface area contributed by atoms with Gasteiger partial charge in [-0.25, -0.2) is 0 Å². The van der Waals surface area contributed by atoms with E-state index in [-0.39, 0.29) is 11.8 Å². The Bertz CT molecular complexity index is 194. The minimum atomic E-state index is -0.0160. The van der Waals surface area contributed by atoms with Crippen molar-refractivity contribution in [2.45, 2.75) is 19.3 Å². The number of carbonyl (C=O) groups excluding carboxylic acids is 2. The van der Waals surface area contributed by atoms with Gasteiger partial charge in [-0.05, 0) is 12.8 Å². The third-order valence-electron chi connectivity index (χ3n) is 2.47. The molecule has 2 amide bonds. The van der Waals surface area contributed by atoms with Crippen LogP contribution in [0, 0.1) is 5.92 Å². The Morgan fingerprint density at radius 1 is 1.54 bits per heavy atom. The van der Waals surface area contributed by atoms with Crippen molar-refractivity contribution in [3.8, 4) is 0 Å². The molecule has 0 bridgehead atoms. The van der Waals surface area contributed by atoms with E-state index in [1.54, 1.807) is 11.9 Å². The molecule has 0 saturated carbocycles. The first-order valence-corrected chi connectivity index (χ1v) is 4.69. The normalized spacial score (nSPS) is 23.5. The van der Waals surface area contributed by atoms with Crippen LogP contribution in [-0.2, 0) is 9.59 Å². The molecule has 0 spiro atoms. The van der Waals surface area contributed by atoms with Crippen molar-refractivity contribution in [3.63, 3.8) is 0 Å². The van der Waals surface area contributed by atoms with Crippen molar-refractivity contribution in [3.05, 3.63) is 0 Å². The first kappa shape index (κ1) is 10.0. The second kappa shape index (κ2) is 4.84. The summed E-state index contributed by atoms with van der Waals surface area (Å²) < 4.78 is 0. The van der Waals surface area contributed by atoms with Crippen LogP contribution in [0.25, 0.3) is 0 Å². The average Bonchev–Trinajstić information content (AvgIpc) is 2.41. The maximum absolute atomic E-state index is 11.3. The number of hydrogen-bond donors (Lipinski definition) is 1. The third kappa shape index (κ3) is 2.72. The number of rotatable bonds is 2. The van der Waals surface area contributed by atoms with Gasteiger partial charge in [0.1, 0.15) is 0 Å². The van der Waals surface area contributed by atoms with Gasteiger partial charge >= 0.3 is 0 Å². The van der Waals surface area contributed by atoms with Crippen LogP contribution in [0.5, 0.6) is 0 Å². The highest BCUT2D eigenvalue weighted by molar-refractivity contribution is 5.78. The van der Waals surface area contributed by atoms with Crippen LogP contribution in [0.3, 0.4) is 0 Å². The van der Waals surface area contributed by atoms with Crippen LogP contribution in [-0.4, -0.2) is 37.4 Å². The number of likely N-dealkylation sites (tertiary alicyclic amines) is 1. The molecule has 4 nitrogen and oxygen atoms in total. The maximum Gasteiger partial charge on any atom is 0.224 e. The summed E-state index contributed by atoms with van der Waals surface area (Å²) in [7, 11) is 1.64. The summed E-state index contributed by atoms with van der Waals surface area (Å²) in [6.07, 6.45) is 3.76. The Morgan fingerprint density at radius 2 is 2.31 bits per heavy atom. The minimum Gasteiger partial charge on any atom is -0.359 e. The van der Waals surface area contributed by atoms with E-state index in [0.717, 1.165) is 32.2 Å². The summed E-state index contributed by atoms with van der Waals surface area (Å²) in [6.45, 7) is 1.36. The number of amides is 2. The second-order valence-corrected chi connectivity index (χ2v) is 3.41. The SMILES string of the molecule is CNC(=O)C1CCCCN(C=O)C1. The van der Waals surface area contributed by atoms with Gasteiger partial charge in [-0.1, -0.05) is 6.42 Å². The van der Waals surface area contributed by atoms with Gasteiger partial charge in [0.15, 0.2) is 0 Å². The smallest absolute Gasteiger partial charge is 0.224 e. The molecule has 1 saturated heterocycles. The van der Waals surface area contributed by atoms with Gasteiger partial charge < -0.3 is 10.2 Å². The minimum absolute atomic E-state index is 0.0160. The van der Waals surface area contributed by atoms with E-state index in [1.165, 1.54) is 0 Å². The molecule has 13 heavy (non-hydrogen) atoms. The fraction of sp³-hybridized carbons (Fsp3) is 0.778. The van der Waals surface area contributed by atoms with Gasteiger partial charge in [0.05, 0.1) is 5.92 Å². The van der Waals surface area contributed by atoms with Crippen molar-refractivity contribution in [2.24, 2.45) is 5.92 Å². The van der Waals surface area contributed by atoms with E-state index >= 15 is 0 Å². The van der Waals surface area contributed by atoms with Gasteiger partial charge in [0, 0.05) is 20.1 Å². The summed E-state index contributed by atoms with van der Waals surface area (Å²) in [5.41, 5.74) is 0. The Labute approximate surface area is 78.3 Å². The van der Waals surface area contributed by atoms with E-state index in [2.05, 4.69) is 5.32 Å². The molecule has 1 heterocycles. The zero-order valence-corrected chi connectivity index (χ0v) is 7.95. The summed E-state index contributed by atoms with van der Waals surface area (Å²) >= 11 is 0. The van der Waals surface area contributed by atoms with E-state index in [0.29, 0.717) is 6.54 Å². The quantitative estimate of drug-likeness (QED) is 0.614. The van der Waals surface area contributed by atoms with Gasteiger partial charge in [-0.2, -0.15) is 0 Å². The van der Waals surface area contributed by atoms with Crippen molar-refractivity contribution in [1.29, 1.82) is 0 Å². The zero-order chi connectivity index (χ0) is 9.68. The highest BCUT2D eigenvalue weighted by Gasteiger charge is 2.22. The lowest BCUT2D eigenvalue weighted by molar-refractivity contribution is -0.126. The average molecular weight is 184 g/mol. The van der Waals surface area contributed by atoms with Crippen LogP contribution in [0.1, 0.15) is 19.3 Å². The van der Waals surface area contributed by atoms with Crippen LogP contribution >= 0.6 is 0 Å². The molecule has 0 aromatic heterocycles. The summed E-state index contributed by atoms with van der Waals surface area (Å²) in [5, 5.41) is 2.63. The van der Waals surface area contributed by atoms with Crippen molar-refractivity contribution in [1.82, 2.24) is 10.2 Å². The molecular weight excluding hydrogens is 168 g/mol. The molecule has 0 radical (unpaired) electrons. The molecule has 1 rings (SSSR count). The topological polar surface area (TPSA) is 49.4 Å². The molecule has 1 aliphatic rings. The zero-order valence-electron chi connectivity index (χ0n) is 7.95. The maximum atomic E-state index is 11.3. The van der Waals surface area contributed by atoms with Crippen LogP contribution in [0.2, 0.25) is 0 Å². The van der Waals surface area contributed by atoms with E-state index in [9.17, 15) is 9.59 Å². The van der Waals surface area contributed by atoms with Crippen molar-refractivity contribution >= 4 is 12.3 Å². The van der Waals surface area contributed by atoms with Crippen molar-refractivity contribution < 1.29 is 9.59 Å². The molecule has 0 aromatic carbocycles. The Morgan fingerprint density at radius 3 is 2.92 bits per heavy atom. The highest BCUT2D eigenvalue weighted by atomic mass is 16.2. The molecule has 1 atom stereocenters. The fourth-order valence-corrected chi connectivity index (χ4v) is 1.69. The molecule has 1 N–H and O–H groups in total. The third-order valence-corrected chi connectivity index (χ3v) is 2.47. The molecule has 0 aliphatic carbocycles. The lowest BCUT2D eigenvalue weighted by atomic mass is 10.0. The molecule has 0 aromatic rings. The van der Waals surface area contributed by atoms with Crippen molar-refractivity contribution in [2.75, 3.05) is 20.1 Å². The molecule has 1 fully saturated rings. The summed E-state index contributed by atoms with van der Waals surface area (Å²) in [6, 6.07) is 0. The first-order chi connectivity index (χ1) is 6.27. The molecule has 74 valence electrons. The number of nitrogens with one attached hydrogen (secondary N) is 1. The Balaban J connectivity index is 2.53. The van der Waals surface area contributed by atoms with Crippen LogP contribution in [0.15, 0.2) is 0 Å². The van der Waals surface area contributed by atoms with Gasteiger partial charge in [-0.15, -0.1) is 0 Å². The predicted octanol–water partition coefficient (Wildman–Crippen LogP) is -0.00910. The standard InChI is InChI=1S/C9H16N2O2/c1-10-9(13)8-4-2-3-5-11(6-8)7-12/h7-8H,2-6H2,1H3,(H,10,13). The predicted molar refractivity (Wildman–Crippen MR) is 49.0 cm³/mol.